The number of nitrogens with one attached hydrogen (secondary N) is 1. The standard InChI is InChI=1S/C21H20N2O6/c1-27-21(26)13-3-2-4-15(9-13)22-20(25)14-10-19(24)23(12-14)16-5-6-17-18(11-16)29-8-7-28-17/h2-6,9,11,14H,7-8,10,12H2,1H3,(H,22,25)/t14-/m0/s1. The van der Waals surface area contributed by atoms with Crippen molar-refractivity contribution in [1.29, 1.82) is 0 Å². The van der Waals surface area contributed by atoms with E-state index in [1.165, 1.54) is 7.11 Å². The first-order valence-electron chi connectivity index (χ1n) is 9.24. The fraction of sp³-hybridized carbons (Fsp3) is 0.286. The molecule has 1 saturated heterocycles. The van der Waals surface area contributed by atoms with Gasteiger partial charge >= 0.3 is 5.97 Å². The van der Waals surface area contributed by atoms with Crippen LogP contribution in [0.2, 0.25) is 0 Å². The summed E-state index contributed by atoms with van der Waals surface area (Å²) in [6.07, 6.45) is 0.108. The number of nitrogens with zero attached hydrogens (tertiary/aromatic N) is 1. The molecular weight excluding hydrogens is 376 g/mol. The maximum atomic E-state index is 12.7. The van der Waals surface area contributed by atoms with Gasteiger partial charge in [0.05, 0.1) is 18.6 Å². The van der Waals surface area contributed by atoms with Crippen molar-refractivity contribution in [3.63, 3.8) is 0 Å². The third-order valence-corrected chi connectivity index (χ3v) is 4.88. The summed E-state index contributed by atoms with van der Waals surface area (Å²) >= 11 is 0. The van der Waals surface area contributed by atoms with Gasteiger partial charge in [-0.3, -0.25) is 9.59 Å². The highest BCUT2D eigenvalue weighted by molar-refractivity contribution is 6.04. The van der Waals surface area contributed by atoms with Gasteiger partial charge < -0.3 is 24.4 Å². The van der Waals surface area contributed by atoms with Crippen molar-refractivity contribution >= 4 is 29.2 Å². The molecule has 8 nitrogen and oxygen atoms in total. The van der Waals surface area contributed by atoms with Gasteiger partial charge in [-0.15, -0.1) is 0 Å². The van der Waals surface area contributed by atoms with E-state index in [1.807, 2.05) is 0 Å². The van der Waals surface area contributed by atoms with Gasteiger partial charge in [0, 0.05) is 30.4 Å². The number of carbonyl (C=O) groups excluding carboxylic acids is 3. The predicted molar refractivity (Wildman–Crippen MR) is 104 cm³/mol. The fourth-order valence-corrected chi connectivity index (χ4v) is 3.42. The summed E-state index contributed by atoms with van der Waals surface area (Å²) in [6, 6.07) is 11.8. The van der Waals surface area contributed by atoms with Crippen LogP contribution in [0.5, 0.6) is 11.5 Å². The lowest BCUT2D eigenvalue weighted by molar-refractivity contribution is -0.122. The second-order valence-electron chi connectivity index (χ2n) is 6.79. The van der Waals surface area contributed by atoms with Crippen LogP contribution < -0.4 is 19.7 Å². The van der Waals surface area contributed by atoms with E-state index in [0.717, 1.165) is 0 Å². The maximum Gasteiger partial charge on any atom is 0.337 e. The molecule has 0 saturated carbocycles. The Morgan fingerprint density at radius 2 is 1.90 bits per heavy atom. The van der Waals surface area contributed by atoms with Gasteiger partial charge in [-0.1, -0.05) is 6.07 Å². The molecule has 2 aromatic rings. The van der Waals surface area contributed by atoms with Crippen LogP contribution in [0.3, 0.4) is 0 Å². The van der Waals surface area contributed by atoms with E-state index in [9.17, 15) is 14.4 Å². The molecule has 150 valence electrons. The van der Waals surface area contributed by atoms with Gasteiger partial charge in [0.1, 0.15) is 13.2 Å². The number of amides is 2. The Balaban J connectivity index is 1.45. The maximum absolute atomic E-state index is 12.7. The van der Waals surface area contributed by atoms with Crippen molar-refractivity contribution in [3.05, 3.63) is 48.0 Å². The van der Waals surface area contributed by atoms with Crippen molar-refractivity contribution < 1.29 is 28.6 Å². The summed E-state index contributed by atoms with van der Waals surface area (Å²) in [5, 5.41) is 2.78. The SMILES string of the molecule is COC(=O)c1cccc(NC(=O)[C@H]2CC(=O)N(c3ccc4c(c3)OCCO4)C2)c1. The molecule has 4 rings (SSSR count). The summed E-state index contributed by atoms with van der Waals surface area (Å²) < 4.78 is 15.8. The minimum Gasteiger partial charge on any atom is -0.486 e. The van der Waals surface area contributed by atoms with E-state index in [-0.39, 0.29) is 24.8 Å². The quantitative estimate of drug-likeness (QED) is 0.797. The Hall–Kier alpha value is -3.55. The lowest BCUT2D eigenvalue weighted by Gasteiger charge is -2.22. The molecule has 0 radical (unpaired) electrons. The first kappa shape index (κ1) is 18.8. The van der Waals surface area contributed by atoms with E-state index >= 15 is 0 Å². The summed E-state index contributed by atoms with van der Waals surface area (Å²) in [6.45, 7) is 1.22. The third kappa shape index (κ3) is 3.87. The zero-order valence-electron chi connectivity index (χ0n) is 15.8. The molecule has 0 aromatic heterocycles. The number of methoxy groups -OCH3 is 1. The average molecular weight is 396 g/mol. The molecule has 2 aliphatic rings. The van der Waals surface area contributed by atoms with Crippen LogP contribution in [0, 0.1) is 5.92 Å². The van der Waals surface area contributed by atoms with Crippen molar-refractivity contribution in [1.82, 2.24) is 0 Å². The zero-order valence-corrected chi connectivity index (χ0v) is 15.8. The smallest absolute Gasteiger partial charge is 0.337 e. The number of carbonyl (C=O) groups is 3. The normalized spacial score (nSPS) is 17.8. The molecular formula is C21H20N2O6. The summed E-state index contributed by atoms with van der Waals surface area (Å²) in [5.74, 6) is -0.162. The molecule has 2 heterocycles. The molecule has 29 heavy (non-hydrogen) atoms. The number of hydrogen-bond acceptors (Lipinski definition) is 6. The summed E-state index contributed by atoms with van der Waals surface area (Å²) in [5.41, 5.74) is 1.48. The molecule has 0 aliphatic carbocycles. The molecule has 2 aromatic carbocycles. The van der Waals surface area contributed by atoms with Crippen LogP contribution in [0.25, 0.3) is 0 Å². The monoisotopic (exact) mass is 396 g/mol. The molecule has 0 unspecified atom stereocenters. The molecule has 8 heteroatoms. The molecule has 1 atom stereocenters. The largest absolute Gasteiger partial charge is 0.486 e. The van der Waals surface area contributed by atoms with E-state index in [0.29, 0.717) is 41.7 Å². The van der Waals surface area contributed by atoms with E-state index in [2.05, 4.69) is 5.32 Å². The van der Waals surface area contributed by atoms with Gasteiger partial charge in [-0.2, -0.15) is 0 Å². The number of esters is 1. The highest BCUT2D eigenvalue weighted by Crippen LogP contribution is 2.36. The van der Waals surface area contributed by atoms with Gasteiger partial charge in [-0.25, -0.2) is 4.79 Å². The van der Waals surface area contributed by atoms with Crippen LogP contribution in [-0.4, -0.2) is 44.7 Å². The van der Waals surface area contributed by atoms with E-state index < -0.39 is 11.9 Å². The minimum atomic E-state index is -0.502. The average Bonchev–Trinajstić information content (AvgIpc) is 3.15. The van der Waals surface area contributed by atoms with Gasteiger partial charge in [0.2, 0.25) is 11.8 Å². The molecule has 2 amide bonds. The third-order valence-electron chi connectivity index (χ3n) is 4.88. The van der Waals surface area contributed by atoms with E-state index in [1.54, 1.807) is 47.4 Å². The van der Waals surface area contributed by atoms with Crippen LogP contribution in [0.15, 0.2) is 42.5 Å². The Kier molecular flexibility index (Phi) is 5.07. The zero-order chi connectivity index (χ0) is 20.4. The van der Waals surface area contributed by atoms with Crippen molar-refractivity contribution in [2.45, 2.75) is 6.42 Å². The molecule has 0 bridgehead atoms. The van der Waals surface area contributed by atoms with Crippen LogP contribution in [0.4, 0.5) is 11.4 Å². The fourth-order valence-electron chi connectivity index (χ4n) is 3.42. The second kappa shape index (κ2) is 7.83. The molecule has 1 N–H and O–H groups in total. The lowest BCUT2D eigenvalue weighted by Crippen LogP contribution is -2.28. The van der Waals surface area contributed by atoms with Gasteiger partial charge in [0.15, 0.2) is 11.5 Å². The predicted octanol–water partition coefficient (Wildman–Crippen LogP) is 2.24. The first-order valence-corrected chi connectivity index (χ1v) is 9.24. The molecule has 1 fully saturated rings. The molecule has 0 spiro atoms. The minimum absolute atomic E-state index is 0.108. The number of hydrogen-bond donors (Lipinski definition) is 1. The highest BCUT2D eigenvalue weighted by atomic mass is 16.6. The van der Waals surface area contributed by atoms with Crippen molar-refractivity contribution in [2.24, 2.45) is 5.92 Å². The van der Waals surface area contributed by atoms with Crippen molar-refractivity contribution in [2.75, 3.05) is 37.1 Å². The van der Waals surface area contributed by atoms with Crippen molar-refractivity contribution in [3.8, 4) is 11.5 Å². The summed E-state index contributed by atoms with van der Waals surface area (Å²) in [7, 11) is 1.30. The number of benzene rings is 2. The summed E-state index contributed by atoms with van der Waals surface area (Å²) in [4.78, 5) is 38.4. The number of anilines is 2. The second-order valence-corrected chi connectivity index (χ2v) is 6.79. The molecule has 2 aliphatic heterocycles. The Labute approximate surface area is 167 Å². The van der Waals surface area contributed by atoms with Gasteiger partial charge in [-0.05, 0) is 30.3 Å². The van der Waals surface area contributed by atoms with Gasteiger partial charge in [0.25, 0.3) is 0 Å². The van der Waals surface area contributed by atoms with Crippen LogP contribution in [0.1, 0.15) is 16.8 Å². The topological polar surface area (TPSA) is 94.2 Å². The Bertz CT molecular complexity index is 973. The Morgan fingerprint density at radius 3 is 2.69 bits per heavy atom. The van der Waals surface area contributed by atoms with Crippen LogP contribution in [-0.2, 0) is 14.3 Å². The Morgan fingerprint density at radius 1 is 1.10 bits per heavy atom. The first-order chi connectivity index (χ1) is 14.0. The number of rotatable bonds is 4. The lowest BCUT2D eigenvalue weighted by atomic mass is 10.1. The van der Waals surface area contributed by atoms with Crippen LogP contribution >= 0.6 is 0 Å². The number of fused-ring (bicyclic) bond motifs is 1. The highest BCUT2D eigenvalue weighted by Gasteiger charge is 2.35. The van der Waals surface area contributed by atoms with E-state index in [4.69, 9.17) is 14.2 Å². The number of ether oxygens (including phenoxy) is 3.